The van der Waals surface area contributed by atoms with Gasteiger partial charge in [0.25, 0.3) is 11.8 Å². The smallest absolute Gasteiger partial charge is 0.262 e. The molecule has 0 aliphatic carbocycles. The molecule has 26 heavy (non-hydrogen) atoms. The van der Waals surface area contributed by atoms with Crippen LogP contribution in [0.3, 0.4) is 0 Å². The minimum atomic E-state index is -0.559. The van der Waals surface area contributed by atoms with Crippen LogP contribution in [0.2, 0.25) is 0 Å². The maximum absolute atomic E-state index is 13.8. The second-order valence-corrected chi connectivity index (χ2v) is 5.78. The summed E-state index contributed by atoms with van der Waals surface area (Å²) < 4.78 is 13.8. The number of fused-ring (bicyclic) bond motifs is 2. The molecule has 1 aliphatic rings. The first-order chi connectivity index (χ1) is 12.6. The number of hydrogen-bond acceptors (Lipinski definition) is 4. The topological polar surface area (TPSA) is 79.4 Å². The number of nitrogens with one attached hydrogen (secondary N) is 1. The van der Waals surface area contributed by atoms with Crippen molar-refractivity contribution in [3.8, 4) is 0 Å². The molecule has 6 nitrogen and oxygen atoms in total. The molecule has 3 aromatic rings. The zero-order valence-electron chi connectivity index (χ0n) is 13.4. The zero-order valence-corrected chi connectivity index (χ0v) is 13.4. The molecule has 2 heterocycles. The molecule has 1 aliphatic heterocycles. The summed E-state index contributed by atoms with van der Waals surface area (Å²) in [5, 5.41) is 3.05. The van der Waals surface area contributed by atoms with Crippen molar-refractivity contribution in [2.75, 3.05) is 11.9 Å². The fraction of sp³-hybridized carbons (Fsp3) is 0.0526. The van der Waals surface area contributed by atoms with Gasteiger partial charge in [0.1, 0.15) is 17.9 Å². The van der Waals surface area contributed by atoms with Gasteiger partial charge in [-0.15, -0.1) is 0 Å². The average molecular weight is 349 g/mol. The SMILES string of the molecule is O=C(CN1C(=O)c2ccccc2C1=O)Nc1ccnc2c(F)cccc12. The molecule has 0 fully saturated rings. The molecule has 0 saturated heterocycles. The van der Waals surface area contributed by atoms with E-state index in [4.69, 9.17) is 0 Å². The molecule has 0 radical (unpaired) electrons. The normalized spacial score (nSPS) is 13.2. The van der Waals surface area contributed by atoms with E-state index < -0.39 is 30.1 Å². The molecule has 0 spiro atoms. The van der Waals surface area contributed by atoms with Crippen LogP contribution in [-0.2, 0) is 4.79 Å². The first-order valence-electron chi connectivity index (χ1n) is 7.84. The minimum Gasteiger partial charge on any atom is -0.324 e. The van der Waals surface area contributed by atoms with Gasteiger partial charge in [-0.2, -0.15) is 0 Å². The molecule has 2 aromatic carbocycles. The van der Waals surface area contributed by atoms with E-state index in [0.29, 0.717) is 11.1 Å². The van der Waals surface area contributed by atoms with Crippen molar-refractivity contribution in [2.24, 2.45) is 0 Å². The number of pyridine rings is 1. The molecule has 7 heteroatoms. The monoisotopic (exact) mass is 349 g/mol. The van der Waals surface area contributed by atoms with Crippen molar-refractivity contribution in [3.05, 3.63) is 71.7 Å². The lowest BCUT2D eigenvalue weighted by atomic mass is 10.1. The lowest BCUT2D eigenvalue weighted by Crippen LogP contribution is -2.37. The Bertz CT molecular complexity index is 1050. The van der Waals surface area contributed by atoms with Crippen molar-refractivity contribution in [2.45, 2.75) is 0 Å². The lowest BCUT2D eigenvalue weighted by Gasteiger charge is -2.14. The van der Waals surface area contributed by atoms with Gasteiger partial charge >= 0.3 is 0 Å². The van der Waals surface area contributed by atoms with Gasteiger partial charge in [0.05, 0.1) is 16.8 Å². The summed E-state index contributed by atoms with van der Waals surface area (Å²) in [6.07, 6.45) is 1.38. The van der Waals surface area contributed by atoms with Crippen molar-refractivity contribution in [1.29, 1.82) is 0 Å². The Hall–Kier alpha value is -3.61. The zero-order chi connectivity index (χ0) is 18.3. The Morgan fingerprint density at radius 2 is 1.69 bits per heavy atom. The number of carbonyl (C=O) groups excluding carboxylic acids is 3. The highest BCUT2D eigenvalue weighted by Gasteiger charge is 2.36. The molecule has 0 atom stereocenters. The van der Waals surface area contributed by atoms with Gasteiger partial charge in [0, 0.05) is 11.6 Å². The number of rotatable bonds is 3. The number of imide groups is 1. The summed E-state index contributed by atoms with van der Waals surface area (Å²) in [7, 11) is 0. The quantitative estimate of drug-likeness (QED) is 0.737. The van der Waals surface area contributed by atoms with Crippen molar-refractivity contribution < 1.29 is 18.8 Å². The van der Waals surface area contributed by atoms with E-state index in [1.807, 2.05) is 0 Å². The van der Waals surface area contributed by atoms with E-state index >= 15 is 0 Å². The van der Waals surface area contributed by atoms with E-state index in [0.717, 1.165) is 4.90 Å². The standard InChI is InChI=1S/C19H12FN3O3/c20-14-7-3-6-13-15(8-9-21-17(13)14)22-16(24)10-23-18(25)11-4-1-2-5-12(11)19(23)26/h1-9H,10H2,(H,21,22,24). The molecule has 1 aromatic heterocycles. The Labute approximate surface area is 147 Å². The van der Waals surface area contributed by atoms with Crippen molar-refractivity contribution >= 4 is 34.3 Å². The number of carbonyl (C=O) groups is 3. The fourth-order valence-corrected chi connectivity index (χ4v) is 2.97. The van der Waals surface area contributed by atoms with E-state index in [2.05, 4.69) is 10.3 Å². The van der Waals surface area contributed by atoms with Gasteiger partial charge in [0.2, 0.25) is 5.91 Å². The van der Waals surface area contributed by atoms with Crippen LogP contribution in [0.1, 0.15) is 20.7 Å². The number of benzene rings is 2. The Balaban J connectivity index is 1.57. The van der Waals surface area contributed by atoms with Crippen molar-refractivity contribution in [3.63, 3.8) is 0 Å². The Morgan fingerprint density at radius 1 is 1.00 bits per heavy atom. The third-order valence-electron chi connectivity index (χ3n) is 4.18. The maximum Gasteiger partial charge on any atom is 0.262 e. The van der Waals surface area contributed by atoms with Gasteiger partial charge in [-0.05, 0) is 24.3 Å². The van der Waals surface area contributed by atoms with E-state index in [1.54, 1.807) is 30.3 Å². The Kier molecular flexibility index (Phi) is 3.69. The fourth-order valence-electron chi connectivity index (χ4n) is 2.97. The molecular weight excluding hydrogens is 337 g/mol. The summed E-state index contributed by atoms with van der Waals surface area (Å²) in [5.41, 5.74) is 1.05. The molecule has 0 bridgehead atoms. The third kappa shape index (κ3) is 2.50. The lowest BCUT2D eigenvalue weighted by molar-refractivity contribution is -0.116. The van der Waals surface area contributed by atoms with Gasteiger partial charge in [0.15, 0.2) is 0 Å². The first kappa shape index (κ1) is 15.9. The second kappa shape index (κ2) is 6.03. The molecular formula is C19H12FN3O3. The van der Waals surface area contributed by atoms with E-state index in [9.17, 15) is 18.8 Å². The predicted molar refractivity (Wildman–Crippen MR) is 92.1 cm³/mol. The van der Waals surface area contributed by atoms with Crippen LogP contribution < -0.4 is 5.32 Å². The van der Waals surface area contributed by atoms with Crippen LogP contribution in [0, 0.1) is 5.82 Å². The number of para-hydroxylation sites is 1. The van der Waals surface area contributed by atoms with E-state index in [-0.39, 0.29) is 16.6 Å². The summed E-state index contributed by atoms with van der Waals surface area (Å²) in [5.74, 6) is -2.08. The van der Waals surface area contributed by atoms with Crippen LogP contribution in [-0.4, -0.2) is 34.2 Å². The molecule has 0 saturated carbocycles. The number of halogens is 1. The first-order valence-corrected chi connectivity index (χ1v) is 7.84. The summed E-state index contributed by atoms with van der Waals surface area (Å²) in [4.78, 5) is 41.9. The van der Waals surface area contributed by atoms with Crippen LogP contribution in [0.15, 0.2) is 54.7 Å². The van der Waals surface area contributed by atoms with Crippen molar-refractivity contribution in [1.82, 2.24) is 9.88 Å². The predicted octanol–water partition coefficient (Wildman–Crippen LogP) is 2.61. The Morgan fingerprint density at radius 3 is 2.38 bits per heavy atom. The number of nitrogens with zero attached hydrogens (tertiary/aromatic N) is 2. The van der Waals surface area contributed by atoms with Crippen LogP contribution >= 0.6 is 0 Å². The van der Waals surface area contributed by atoms with E-state index in [1.165, 1.54) is 24.4 Å². The number of anilines is 1. The molecule has 4 rings (SSSR count). The number of hydrogen-bond donors (Lipinski definition) is 1. The summed E-state index contributed by atoms with van der Waals surface area (Å²) >= 11 is 0. The second-order valence-electron chi connectivity index (χ2n) is 5.78. The van der Waals surface area contributed by atoms with Gasteiger partial charge < -0.3 is 5.32 Å². The van der Waals surface area contributed by atoms with Gasteiger partial charge in [-0.25, -0.2) is 4.39 Å². The molecule has 0 unspecified atom stereocenters. The summed E-state index contributed by atoms with van der Waals surface area (Å²) in [6.45, 7) is -0.425. The molecule has 3 amide bonds. The van der Waals surface area contributed by atoms with Gasteiger partial charge in [-0.1, -0.05) is 24.3 Å². The maximum atomic E-state index is 13.8. The minimum absolute atomic E-state index is 0.131. The molecule has 128 valence electrons. The van der Waals surface area contributed by atoms with Crippen LogP contribution in [0.5, 0.6) is 0 Å². The van der Waals surface area contributed by atoms with Gasteiger partial charge in [-0.3, -0.25) is 24.3 Å². The highest BCUT2D eigenvalue weighted by molar-refractivity contribution is 6.22. The third-order valence-corrected chi connectivity index (χ3v) is 4.18. The number of amides is 3. The largest absolute Gasteiger partial charge is 0.324 e. The van der Waals surface area contributed by atoms with Crippen LogP contribution in [0.25, 0.3) is 10.9 Å². The summed E-state index contributed by atoms with van der Waals surface area (Å²) in [6, 6.07) is 12.4. The molecule has 1 N–H and O–H groups in total. The van der Waals surface area contributed by atoms with Crippen LogP contribution in [0.4, 0.5) is 10.1 Å². The highest BCUT2D eigenvalue weighted by atomic mass is 19.1. The average Bonchev–Trinajstić information content (AvgIpc) is 2.88. The highest BCUT2D eigenvalue weighted by Crippen LogP contribution is 2.25. The number of aromatic nitrogens is 1.